The molecule has 1 aromatic rings. The van der Waals surface area contributed by atoms with Crippen LogP contribution in [0, 0.1) is 0 Å². The van der Waals surface area contributed by atoms with Crippen LogP contribution in [0.2, 0.25) is 0 Å². The minimum atomic E-state index is -0.277. The monoisotopic (exact) mass is 276 g/mol. The molecule has 1 heterocycles. The van der Waals surface area contributed by atoms with E-state index in [1.54, 1.807) is 12.1 Å². The molecule has 110 valence electrons. The van der Waals surface area contributed by atoms with Crippen molar-refractivity contribution >= 4 is 17.3 Å². The second kappa shape index (κ2) is 7.17. The Morgan fingerprint density at radius 2 is 1.85 bits per heavy atom. The van der Waals surface area contributed by atoms with E-state index in [2.05, 4.69) is 4.90 Å². The van der Waals surface area contributed by atoms with Crippen LogP contribution >= 0.6 is 0 Å². The number of rotatable bonds is 3. The molecule has 4 nitrogen and oxygen atoms in total. The zero-order chi connectivity index (χ0) is 14.4. The first-order valence-electron chi connectivity index (χ1n) is 7.54. The van der Waals surface area contributed by atoms with E-state index < -0.39 is 0 Å². The molecule has 1 aliphatic heterocycles. The van der Waals surface area contributed by atoms with Crippen LogP contribution in [0.15, 0.2) is 18.2 Å². The number of carbonyl (C=O) groups excluding carboxylic acids is 1. The quantitative estimate of drug-likeness (QED) is 0.680. The fraction of sp³-hybridized carbons (Fsp3) is 0.562. The molecule has 0 atom stereocenters. The lowest BCUT2D eigenvalue weighted by atomic mass is 10.1. The Labute approximate surface area is 120 Å². The summed E-state index contributed by atoms with van der Waals surface area (Å²) in [5.41, 5.74) is 8.38. The summed E-state index contributed by atoms with van der Waals surface area (Å²) in [7, 11) is 0. The van der Waals surface area contributed by atoms with Gasteiger partial charge in [0.1, 0.15) is 0 Å². The molecule has 2 N–H and O–H groups in total. The minimum Gasteiger partial charge on any atom is -0.462 e. The highest BCUT2D eigenvalue weighted by Gasteiger charge is 2.15. The summed E-state index contributed by atoms with van der Waals surface area (Å²) in [6.45, 7) is 4.23. The van der Waals surface area contributed by atoms with E-state index in [9.17, 15) is 4.79 Å². The third kappa shape index (κ3) is 3.65. The summed E-state index contributed by atoms with van der Waals surface area (Å²) in [5, 5.41) is 0. The average Bonchev–Trinajstić information content (AvgIpc) is 2.40. The maximum absolute atomic E-state index is 11.8. The molecule has 0 bridgehead atoms. The second-order valence-corrected chi connectivity index (χ2v) is 5.25. The Bertz CT molecular complexity index is 452. The fourth-order valence-electron chi connectivity index (χ4n) is 2.65. The molecule has 20 heavy (non-hydrogen) atoms. The van der Waals surface area contributed by atoms with Gasteiger partial charge in [-0.15, -0.1) is 0 Å². The van der Waals surface area contributed by atoms with Gasteiger partial charge in [-0.2, -0.15) is 0 Å². The largest absolute Gasteiger partial charge is 0.462 e. The molecule has 0 saturated carbocycles. The summed E-state index contributed by atoms with van der Waals surface area (Å²) in [4.78, 5) is 14.1. The van der Waals surface area contributed by atoms with Crippen LogP contribution in [0.3, 0.4) is 0 Å². The van der Waals surface area contributed by atoms with Gasteiger partial charge in [0.2, 0.25) is 0 Å². The van der Waals surface area contributed by atoms with Crippen LogP contribution < -0.4 is 10.6 Å². The number of benzene rings is 1. The van der Waals surface area contributed by atoms with Crippen molar-refractivity contribution in [1.29, 1.82) is 0 Å². The molecule has 0 aliphatic carbocycles. The number of nitrogens with two attached hydrogens (primary N) is 1. The van der Waals surface area contributed by atoms with E-state index in [0.29, 0.717) is 12.2 Å². The highest BCUT2D eigenvalue weighted by molar-refractivity contribution is 5.92. The predicted molar refractivity (Wildman–Crippen MR) is 82.1 cm³/mol. The Morgan fingerprint density at radius 3 is 2.50 bits per heavy atom. The Morgan fingerprint density at radius 1 is 1.20 bits per heavy atom. The number of nitrogen functional groups attached to an aromatic ring is 1. The third-order valence-electron chi connectivity index (χ3n) is 3.74. The smallest absolute Gasteiger partial charge is 0.338 e. The van der Waals surface area contributed by atoms with Gasteiger partial charge in [-0.25, -0.2) is 4.79 Å². The molecule has 0 aromatic heterocycles. The second-order valence-electron chi connectivity index (χ2n) is 5.25. The number of carbonyl (C=O) groups is 1. The maximum atomic E-state index is 11.8. The summed E-state index contributed by atoms with van der Waals surface area (Å²) < 4.78 is 5.06. The minimum absolute atomic E-state index is 0.277. The van der Waals surface area contributed by atoms with Gasteiger partial charge in [-0.1, -0.05) is 19.3 Å². The SMILES string of the molecule is CCOC(=O)c1ccc(N)c(N2CCCCCCC2)c1. The molecule has 0 amide bonds. The van der Waals surface area contributed by atoms with Crippen LogP contribution in [0.25, 0.3) is 0 Å². The van der Waals surface area contributed by atoms with Crippen LogP contribution in [0.5, 0.6) is 0 Å². The van der Waals surface area contributed by atoms with Gasteiger partial charge >= 0.3 is 5.97 Å². The molecule has 0 unspecified atom stereocenters. The lowest BCUT2D eigenvalue weighted by molar-refractivity contribution is 0.0526. The molecule has 1 fully saturated rings. The summed E-state index contributed by atoms with van der Waals surface area (Å²) >= 11 is 0. The van der Waals surface area contributed by atoms with Gasteiger partial charge in [0.05, 0.1) is 23.5 Å². The molecule has 4 heteroatoms. The topological polar surface area (TPSA) is 55.6 Å². The molecular formula is C16H24N2O2. The van der Waals surface area contributed by atoms with Crippen molar-refractivity contribution in [1.82, 2.24) is 0 Å². The fourth-order valence-corrected chi connectivity index (χ4v) is 2.65. The molecule has 0 radical (unpaired) electrons. The Kier molecular flexibility index (Phi) is 5.27. The van der Waals surface area contributed by atoms with Gasteiger partial charge in [0.15, 0.2) is 0 Å². The van der Waals surface area contributed by atoms with Crippen molar-refractivity contribution in [2.45, 2.75) is 39.0 Å². The van der Waals surface area contributed by atoms with Crippen LogP contribution in [0.1, 0.15) is 49.4 Å². The van der Waals surface area contributed by atoms with E-state index in [4.69, 9.17) is 10.5 Å². The number of nitrogens with zero attached hydrogens (tertiary/aromatic N) is 1. The van der Waals surface area contributed by atoms with Gasteiger partial charge in [-0.3, -0.25) is 0 Å². The van der Waals surface area contributed by atoms with Crippen molar-refractivity contribution in [3.05, 3.63) is 23.8 Å². The highest BCUT2D eigenvalue weighted by atomic mass is 16.5. The number of hydrogen-bond donors (Lipinski definition) is 1. The summed E-state index contributed by atoms with van der Waals surface area (Å²) in [6, 6.07) is 5.41. The lowest BCUT2D eigenvalue weighted by Crippen LogP contribution is -2.28. The van der Waals surface area contributed by atoms with Crippen LogP contribution in [0.4, 0.5) is 11.4 Å². The molecular weight excluding hydrogens is 252 g/mol. The zero-order valence-electron chi connectivity index (χ0n) is 12.2. The van der Waals surface area contributed by atoms with Gasteiger partial charge < -0.3 is 15.4 Å². The predicted octanol–water partition coefficient (Wildman–Crippen LogP) is 3.22. The number of anilines is 2. The van der Waals surface area contributed by atoms with Gasteiger partial charge in [0.25, 0.3) is 0 Å². The number of hydrogen-bond acceptors (Lipinski definition) is 4. The molecule has 1 saturated heterocycles. The van der Waals surface area contributed by atoms with Crippen molar-refractivity contribution in [3.8, 4) is 0 Å². The van der Waals surface area contributed by atoms with Crippen molar-refractivity contribution in [2.75, 3.05) is 30.3 Å². The normalized spacial score (nSPS) is 16.4. The van der Waals surface area contributed by atoms with Gasteiger partial charge in [-0.05, 0) is 38.0 Å². The van der Waals surface area contributed by atoms with Crippen molar-refractivity contribution in [3.63, 3.8) is 0 Å². The van der Waals surface area contributed by atoms with Crippen LogP contribution in [-0.4, -0.2) is 25.7 Å². The van der Waals surface area contributed by atoms with E-state index in [0.717, 1.165) is 24.5 Å². The lowest BCUT2D eigenvalue weighted by Gasteiger charge is -2.28. The van der Waals surface area contributed by atoms with E-state index in [-0.39, 0.29) is 5.97 Å². The Balaban J connectivity index is 2.20. The van der Waals surface area contributed by atoms with E-state index in [1.807, 2.05) is 13.0 Å². The number of ether oxygens (including phenoxy) is 1. The van der Waals surface area contributed by atoms with E-state index in [1.165, 1.54) is 32.1 Å². The molecule has 2 rings (SSSR count). The first kappa shape index (κ1) is 14.7. The van der Waals surface area contributed by atoms with Crippen molar-refractivity contribution in [2.24, 2.45) is 0 Å². The number of esters is 1. The van der Waals surface area contributed by atoms with Gasteiger partial charge in [0, 0.05) is 13.1 Å². The average molecular weight is 276 g/mol. The van der Waals surface area contributed by atoms with Crippen LogP contribution in [-0.2, 0) is 4.74 Å². The summed E-state index contributed by atoms with van der Waals surface area (Å²) in [5.74, 6) is -0.277. The van der Waals surface area contributed by atoms with Crippen molar-refractivity contribution < 1.29 is 9.53 Å². The zero-order valence-corrected chi connectivity index (χ0v) is 12.2. The Hall–Kier alpha value is -1.71. The maximum Gasteiger partial charge on any atom is 0.338 e. The third-order valence-corrected chi connectivity index (χ3v) is 3.74. The molecule has 1 aromatic carbocycles. The summed E-state index contributed by atoms with van der Waals surface area (Å²) in [6.07, 6.45) is 6.24. The highest BCUT2D eigenvalue weighted by Crippen LogP contribution is 2.27. The molecule has 0 spiro atoms. The molecule has 1 aliphatic rings. The van der Waals surface area contributed by atoms with E-state index >= 15 is 0 Å². The first-order valence-corrected chi connectivity index (χ1v) is 7.54. The first-order chi connectivity index (χ1) is 9.72. The standard InChI is InChI=1S/C16H24N2O2/c1-2-20-16(19)13-8-9-14(17)15(12-13)18-10-6-4-3-5-7-11-18/h8-9,12H,2-7,10-11,17H2,1H3.